The van der Waals surface area contributed by atoms with Gasteiger partial charge >= 0.3 is 10.2 Å². The Morgan fingerprint density at radius 3 is 2.25 bits per heavy atom. The Morgan fingerprint density at radius 1 is 1.33 bits per heavy atom. The molecule has 6 heteroatoms. The van der Waals surface area contributed by atoms with Crippen molar-refractivity contribution in [3.63, 3.8) is 0 Å². The summed E-state index contributed by atoms with van der Waals surface area (Å²) in [5.41, 5.74) is -1.92. The molecule has 0 bridgehead atoms. The van der Waals surface area contributed by atoms with Crippen molar-refractivity contribution in [1.29, 1.82) is 0 Å². The Balaban J connectivity index is 2.59. The molecule has 3 nitrogen and oxygen atoms in total. The Hall–Kier alpha value is -0.230. The van der Waals surface area contributed by atoms with Crippen molar-refractivity contribution in [1.82, 2.24) is 0 Å². The van der Waals surface area contributed by atoms with E-state index >= 15 is 0 Å². The third-order valence-electron chi connectivity index (χ3n) is 1.82. The fourth-order valence-corrected chi connectivity index (χ4v) is 2.10. The highest BCUT2D eigenvalue weighted by Crippen LogP contribution is 2.27. The van der Waals surface area contributed by atoms with E-state index in [4.69, 9.17) is 4.74 Å². The molecule has 12 heavy (non-hydrogen) atoms. The summed E-state index contributed by atoms with van der Waals surface area (Å²) in [6.45, 7) is 0.317. The monoisotopic (exact) mass is 200 g/mol. The predicted molar refractivity (Wildman–Crippen MR) is 38.8 cm³/mol. The minimum atomic E-state index is -4.71. The molecule has 0 N–H and O–H groups in total. The lowest BCUT2D eigenvalue weighted by molar-refractivity contribution is 0.00346. The summed E-state index contributed by atoms with van der Waals surface area (Å²) < 4.78 is 50.6. The van der Waals surface area contributed by atoms with Crippen molar-refractivity contribution >= 4 is 10.2 Å². The van der Waals surface area contributed by atoms with E-state index in [0.717, 1.165) is 0 Å². The molecule has 1 heterocycles. The lowest BCUT2D eigenvalue weighted by Gasteiger charge is -2.27. The first-order chi connectivity index (χ1) is 5.41. The topological polar surface area (TPSA) is 43.4 Å². The minimum absolute atomic E-state index is 0.0455. The van der Waals surface area contributed by atoms with Gasteiger partial charge in [0.15, 0.2) is 0 Å². The number of halogens is 2. The third kappa shape index (κ3) is 3.02. The maximum absolute atomic E-state index is 13.4. The zero-order valence-electron chi connectivity index (χ0n) is 6.42. The highest BCUT2D eigenvalue weighted by Gasteiger charge is 2.37. The molecule has 0 aromatic rings. The molecule has 1 rings (SSSR count). The third-order valence-corrected chi connectivity index (χ3v) is 2.68. The first kappa shape index (κ1) is 9.85. The van der Waals surface area contributed by atoms with Gasteiger partial charge in [-0.25, -0.2) is 4.39 Å². The van der Waals surface area contributed by atoms with Crippen LogP contribution in [0.3, 0.4) is 0 Å². The van der Waals surface area contributed by atoms with Crippen LogP contribution in [0.4, 0.5) is 8.28 Å². The molecule has 0 amide bonds. The van der Waals surface area contributed by atoms with Crippen LogP contribution in [0.1, 0.15) is 12.8 Å². The van der Waals surface area contributed by atoms with Gasteiger partial charge in [-0.2, -0.15) is 8.42 Å². The maximum atomic E-state index is 13.4. The number of hydrogen-bond donors (Lipinski definition) is 0. The second kappa shape index (κ2) is 3.26. The van der Waals surface area contributed by atoms with E-state index in [0.29, 0.717) is 0 Å². The van der Waals surface area contributed by atoms with Gasteiger partial charge in [0, 0.05) is 26.1 Å². The smallest absolute Gasteiger partial charge is 0.305 e. The normalized spacial score (nSPS) is 23.8. The van der Waals surface area contributed by atoms with Gasteiger partial charge in [0.1, 0.15) is 11.4 Å². The average molecular weight is 200 g/mol. The Bertz CT molecular complexity index is 244. The molecule has 0 aliphatic carbocycles. The Labute approximate surface area is 69.9 Å². The van der Waals surface area contributed by atoms with Crippen LogP contribution in [0.5, 0.6) is 0 Å². The van der Waals surface area contributed by atoms with Crippen LogP contribution >= 0.6 is 0 Å². The molecule has 0 radical (unpaired) electrons. The molecule has 0 aromatic heterocycles. The van der Waals surface area contributed by atoms with Gasteiger partial charge in [0.05, 0.1) is 0 Å². The Kier molecular flexibility index (Phi) is 2.67. The van der Waals surface area contributed by atoms with Crippen molar-refractivity contribution in [3.8, 4) is 0 Å². The SMILES string of the molecule is O=S(=O)(F)CC1(F)CCOCC1. The highest BCUT2D eigenvalue weighted by atomic mass is 32.3. The predicted octanol–water partition coefficient (Wildman–Crippen LogP) is 0.804. The van der Waals surface area contributed by atoms with E-state index < -0.39 is 21.6 Å². The average Bonchev–Trinajstić information content (AvgIpc) is 1.83. The van der Waals surface area contributed by atoms with E-state index in [-0.39, 0.29) is 26.1 Å². The molecule has 1 aliphatic heterocycles. The molecule has 1 fully saturated rings. The second-order valence-electron chi connectivity index (χ2n) is 2.95. The fraction of sp³-hybridized carbons (Fsp3) is 1.00. The zero-order valence-corrected chi connectivity index (χ0v) is 7.24. The summed E-state index contributed by atoms with van der Waals surface area (Å²) in [6.07, 6.45) is -0.0910. The van der Waals surface area contributed by atoms with E-state index in [2.05, 4.69) is 0 Å². The minimum Gasteiger partial charge on any atom is -0.381 e. The molecule has 72 valence electrons. The van der Waals surface area contributed by atoms with E-state index in [1.807, 2.05) is 0 Å². The summed E-state index contributed by atoms with van der Waals surface area (Å²) in [4.78, 5) is 0. The van der Waals surface area contributed by atoms with Crippen LogP contribution in [0.2, 0.25) is 0 Å². The van der Waals surface area contributed by atoms with Gasteiger partial charge in [0.2, 0.25) is 0 Å². The van der Waals surface area contributed by atoms with Gasteiger partial charge in [-0.15, -0.1) is 3.89 Å². The first-order valence-electron chi connectivity index (χ1n) is 3.60. The van der Waals surface area contributed by atoms with Crippen LogP contribution in [-0.2, 0) is 15.0 Å². The maximum Gasteiger partial charge on any atom is 0.305 e. The lowest BCUT2D eigenvalue weighted by Crippen LogP contribution is -2.37. The Morgan fingerprint density at radius 2 is 1.83 bits per heavy atom. The van der Waals surface area contributed by atoms with Gasteiger partial charge < -0.3 is 4.74 Å². The molecule has 0 unspecified atom stereocenters. The van der Waals surface area contributed by atoms with Gasteiger partial charge in [-0.1, -0.05) is 0 Å². The molecular weight excluding hydrogens is 190 g/mol. The van der Waals surface area contributed by atoms with Crippen molar-refractivity contribution in [2.75, 3.05) is 19.0 Å². The van der Waals surface area contributed by atoms with Crippen molar-refractivity contribution in [3.05, 3.63) is 0 Å². The highest BCUT2D eigenvalue weighted by molar-refractivity contribution is 7.86. The van der Waals surface area contributed by atoms with Gasteiger partial charge in [0.25, 0.3) is 0 Å². The summed E-state index contributed by atoms with van der Waals surface area (Å²) in [5.74, 6) is -1.04. The van der Waals surface area contributed by atoms with E-state index in [1.165, 1.54) is 0 Å². The van der Waals surface area contributed by atoms with Crippen molar-refractivity contribution < 1.29 is 21.4 Å². The first-order valence-corrected chi connectivity index (χ1v) is 5.16. The van der Waals surface area contributed by atoms with Crippen LogP contribution in [-0.4, -0.2) is 33.1 Å². The lowest BCUT2D eigenvalue weighted by atomic mass is 9.99. The quantitative estimate of drug-likeness (QED) is 0.619. The van der Waals surface area contributed by atoms with Crippen molar-refractivity contribution in [2.45, 2.75) is 18.5 Å². The molecule has 0 atom stereocenters. The molecule has 1 aliphatic rings. The molecule has 0 spiro atoms. The summed E-state index contributed by atoms with van der Waals surface area (Å²) in [7, 11) is -4.71. The second-order valence-corrected chi connectivity index (χ2v) is 4.31. The van der Waals surface area contributed by atoms with Crippen LogP contribution in [0.25, 0.3) is 0 Å². The number of hydrogen-bond acceptors (Lipinski definition) is 3. The van der Waals surface area contributed by atoms with Crippen LogP contribution in [0.15, 0.2) is 0 Å². The standard InChI is InChI=1S/C6H10F2O3S/c7-6(5-12(8,9)10)1-3-11-4-2-6/h1-5H2. The largest absolute Gasteiger partial charge is 0.381 e. The number of ether oxygens (including phenoxy) is 1. The molecule has 0 saturated carbocycles. The van der Waals surface area contributed by atoms with Crippen LogP contribution < -0.4 is 0 Å². The molecule has 0 aromatic carbocycles. The summed E-state index contributed by atoms with van der Waals surface area (Å²) in [5, 5.41) is 0. The fourth-order valence-electron chi connectivity index (χ4n) is 1.19. The molecule has 1 saturated heterocycles. The van der Waals surface area contributed by atoms with E-state index in [1.54, 1.807) is 0 Å². The van der Waals surface area contributed by atoms with Crippen LogP contribution in [0, 0.1) is 0 Å². The molecular formula is C6H10F2O3S. The number of rotatable bonds is 2. The van der Waals surface area contributed by atoms with E-state index in [9.17, 15) is 16.7 Å². The van der Waals surface area contributed by atoms with Gasteiger partial charge in [-0.3, -0.25) is 0 Å². The van der Waals surface area contributed by atoms with Gasteiger partial charge in [-0.05, 0) is 0 Å². The zero-order chi connectivity index (χ0) is 9.24. The summed E-state index contributed by atoms with van der Waals surface area (Å²) >= 11 is 0. The van der Waals surface area contributed by atoms with Crippen molar-refractivity contribution in [2.24, 2.45) is 0 Å². The summed E-state index contributed by atoms with van der Waals surface area (Å²) in [6, 6.07) is 0. The number of alkyl halides is 1.